The third-order valence-electron chi connectivity index (χ3n) is 10.1. The highest BCUT2D eigenvalue weighted by Crippen LogP contribution is 2.31. The van der Waals surface area contributed by atoms with E-state index in [0.717, 1.165) is 49.1 Å². The first-order valence-electron chi connectivity index (χ1n) is 19.1. The molecule has 1 fully saturated rings. The molecule has 4 aromatic rings. The summed E-state index contributed by atoms with van der Waals surface area (Å²) in [5.41, 5.74) is 6.46. The lowest BCUT2D eigenvalue weighted by Gasteiger charge is -2.25. The molecule has 2 aromatic heterocycles. The van der Waals surface area contributed by atoms with Gasteiger partial charge in [0.2, 0.25) is 5.88 Å². The standard InChI is InChI=1S/C28H37FN2O.C10H10N2O2.C6H12O/c1-6-9-24(14-12-21(4)22(5)16-20(3)7-2)27-10-8-11-28(31-27)32-19-25-15-13-23(18-30)17-26(25)29;1-6-3-4-8(5-7(6)2)9-11-10(13)14-12-9;1-2-3-6-4-5-7-6/h7-8,10-11,13,15,17,21-22,24H,6,9,12,14,16,19H2,1-5H3;3-5H,1-2H3,(H,11,12,13);6H,2-5H2,1H3/b20-7+;;. The maximum Gasteiger partial charge on any atom is 0.439 e. The number of hydrogen-bond acceptors (Lipinski definition) is 7. The van der Waals surface area contributed by atoms with Gasteiger partial charge in [-0.2, -0.15) is 5.26 Å². The van der Waals surface area contributed by atoms with E-state index in [0.29, 0.717) is 46.7 Å². The summed E-state index contributed by atoms with van der Waals surface area (Å²) in [5, 5.41) is 12.5. The van der Waals surface area contributed by atoms with Gasteiger partial charge in [0.25, 0.3) is 0 Å². The molecule has 1 aliphatic heterocycles. The molecule has 0 saturated carbocycles. The fourth-order valence-corrected chi connectivity index (χ4v) is 6.07. The molecule has 4 unspecified atom stereocenters. The van der Waals surface area contributed by atoms with Gasteiger partial charge in [0.1, 0.15) is 12.4 Å². The number of nitrogens with zero attached hydrogens (tertiary/aromatic N) is 3. The Hall–Kier alpha value is -4.55. The lowest BCUT2D eigenvalue weighted by atomic mass is 9.83. The van der Waals surface area contributed by atoms with E-state index in [1.54, 1.807) is 12.1 Å². The molecule has 9 heteroatoms. The van der Waals surface area contributed by atoms with Crippen molar-refractivity contribution < 1.29 is 18.4 Å². The summed E-state index contributed by atoms with van der Waals surface area (Å²) < 4.78 is 29.5. The topological polar surface area (TPSA) is 114 Å². The summed E-state index contributed by atoms with van der Waals surface area (Å²) >= 11 is 0. The van der Waals surface area contributed by atoms with Crippen molar-refractivity contribution in [3.8, 4) is 23.3 Å². The number of pyridine rings is 1. The van der Waals surface area contributed by atoms with Crippen LogP contribution in [-0.2, 0) is 11.3 Å². The lowest BCUT2D eigenvalue weighted by Crippen LogP contribution is -2.25. The van der Waals surface area contributed by atoms with E-state index in [1.807, 2.05) is 50.2 Å². The minimum Gasteiger partial charge on any atom is -0.473 e. The first-order chi connectivity index (χ1) is 25.5. The lowest BCUT2D eigenvalue weighted by molar-refractivity contribution is -0.0546. The summed E-state index contributed by atoms with van der Waals surface area (Å²) in [5.74, 6) is 1.74. The maximum absolute atomic E-state index is 14.1. The number of aromatic nitrogens is 3. The predicted molar refractivity (Wildman–Crippen MR) is 210 cm³/mol. The Morgan fingerprint density at radius 2 is 1.83 bits per heavy atom. The van der Waals surface area contributed by atoms with Gasteiger partial charge in [-0.05, 0) is 113 Å². The van der Waals surface area contributed by atoms with E-state index in [-0.39, 0.29) is 6.61 Å². The average Bonchev–Trinajstić information content (AvgIpc) is 3.58. The largest absolute Gasteiger partial charge is 0.473 e. The van der Waals surface area contributed by atoms with Crippen LogP contribution in [0.3, 0.4) is 0 Å². The molecular formula is C44H59FN4O4. The monoisotopic (exact) mass is 726 g/mol. The first kappa shape index (κ1) is 42.9. The minimum absolute atomic E-state index is 0.0886. The first-order valence-corrected chi connectivity index (χ1v) is 19.1. The Bertz CT molecular complexity index is 1820. The number of benzene rings is 2. The molecule has 1 saturated heterocycles. The summed E-state index contributed by atoms with van der Waals surface area (Å²) in [7, 11) is 0. The summed E-state index contributed by atoms with van der Waals surface area (Å²) in [6.07, 6.45) is 12.3. The second kappa shape index (κ2) is 22.5. The van der Waals surface area contributed by atoms with E-state index >= 15 is 0 Å². The number of aryl methyl sites for hydroxylation is 2. The molecule has 0 radical (unpaired) electrons. The summed E-state index contributed by atoms with van der Waals surface area (Å²) in [4.78, 5) is 18.0. The number of aromatic amines is 1. The number of H-pyrrole nitrogens is 1. The molecule has 2 aromatic carbocycles. The number of hydrogen-bond donors (Lipinski definition) is 1. The van der Waals surface area contributed by atoms with Gasteiger partial charge in [0.05, 0.1) is 17.7 Å². The second-order valence-electron chi connectivity index (χ2n) is 14.3. The van der Waals surface area contributed by atoms with Crippen molar-refractivity contribution in [2.75, 3.05) is 6.61 Å². The van der Waals surface area contributed by atoms with Crippen LogP contribution in [0, 0.1) is 42.8 Å². The molecule has 1 aliphatic rings. The quantitative estimate of drug-likeness (QED) is 0.121. The van der Waals surface area contributed by atoms with Crippen LogP contribution < -0.4 is 10.5 Å². The van der Waals surface area contributed by atoms with Crippen LogP contribution in [0.4, 0.5) is 4.39 Å². The molecule has 5 rings (SSSR count). The van der Waals surface area contributed by atoms with Crippen molar-refractivity contribution in [2.45, 2.75) is 125 Å². The van der Waals surface area contributed by atoms with Crippen molar-refractivity contribution in [3.05, 3.63) is 111 Å². The normalized spacial score (nSPS) is 15.4. The van der Waals surface area contributed by atoms with Crippen LogP contribution in [0.5, 0.6) is 5.88 Å². The Morgan fingerprint density at radius 3 is 2.40 bits per heavy atom. The molecule has 1 N–H and O–H groups in total. The van der Waals surface area contributed by atoms with Crippen molar-refractivity contribution in [1.82, 2.24) is 15.1 Å². The number of allylic oxidation sites excluding steroid dienone is 2. The van der Waals surface area contributed by atoms with Gasteiger partial charge in [-0.15, -0.1) is 0 Å². The van der Waals surface area contributed by atoms with Gasteiger partial charge in [0.15, 0.2) is 5.82 Å². The Kier molecular flexibility index (Phi) is 18.2. The molecule has 3 heterocycles. The molecule has 0 bridgehead atoms. The Balaban J connectivity index is 0.000000290. The molecule has 0 spiro atoms. The van der Waals surface area contributed by atoms with Crippen LogP contribution in [0.25, 0.3) is 11.4 Å². The number of ether oxygens (including phenoxy) is 2. The third kappa shape index (κ3) is 14.4. The van der Waals surface area contributed by atoms with Gasteiger partial charge in [-0.3, -0.25) is 9.51 Å². The zero-order valence-electron chi connectivity index (χ0n) is 33.0. The van der Waals surface area contributed by atoms with Crippen molar-refractivity contribution in [3.63, 3.8) is 0 Å². The fraction of sp³-hybridized carbons (Fsp3) is 0.500. The van der Waals surface area contributed by atoms with Crippen LogP contribution in [0.15, 0.2) is 75.6 Å². The number of nitrogens with one attached hydrogen (secondary N) is 1. The van der Waals surface area contributed by atoms with Crippen LogP contribution in [0.1, 0.15) is 127 Å². The number of nitriles is 1. The zero-order valence-corrected chi connectivity index (χ0v) is 33.0. The van der Waals surface area contributed by atoms with E-state index in [4.69, 9.17) is 19.7 Å². The smallest absolute Gasteiger partial charge is 0.439 e. The van der Waals surface area contributed by atoms with Crippen molar-refractivity contribution >= 4 is 0 Å². The van der Waals surface area contributed by atoms with Gasteiger partial charge in [0, 0.05) is 35.4 Å². The average molecular weight is 727 g/mol. The summed E-state index contributed by atoms with van der Waals surface area (Å²) in [6.45, 7) is 18.6. The van der Waals surface area contributed by atoms with Crippen molar-refractivity contribution in [2.24, 2.45) is 11.8 Å². The van der Waals surface area contributed by atoms with Crippen molar-refractivity contribution in [1.29, 1.82) is 5.26 Å². The van der Waals surface area contributed by atoms with Gasteiger partial charge < -0.3 is 9.47 Å². The number of rotatable bonds is 15. The maximum atomic E-state index is 14.1. The van der Waals surface area contributed by atoms with E-state index < -0.39 is 11.6 Å². The molecule has 286 valence electrons. The van der Waals surface area contributed by atoms with Gasteiger partial charge in [-0.1, -0.05) is 81.6 Å². The minimum atomic E-state index is -0.529. The molecule has 8 nitrogen and oxygen atoms in total. The molecule has 4 atom stereocenters. The fourth-order valence-electron chi connectivity index (χ4n) is 6.07. The molecule has 53 heavy (non-hydrogen) atoms. The predicted octanol–water partition coefficient (Wildman–Crippen LogP) is 11.2. The van der Waals surface area contributed by atoms with Crippen LogP contribution in [0.2, 0.25) is 0 Å². The third-order valence-corrected chi connectivity index (χ3v) is 10.1. The Morgan fingerprint density at radius 1 is 1.06 bits per heavy atom. The molecule has 0 amide bonds. The Labute approximate surface area is 315 Å². The van der Waals surface area contributed by atoms with E-state index in [2.05, 4.69) is 68.3 Å². The van der Waals surface area contributed by atoms with Crippen LogP contribution >= 0.6 is 0 Å². The highest BCUT2D eigenvalue weighted by molar-refractivity contribution is 5.56. The van der Waals surface area contributed by atoms with E-state index in [1.165, 1.54) is 42.9 Å². The SMILES string of the molecule is C/C=C(\C)CC(C)C(C)CCC(CCC)c1cccc(OCc2ccc(C#N)cc2F)n1.CCCC1CCO1.Cc1ccc(-c2noc(=O)[nH]2)cc1C. The highest BCUT2D eigenvalue weighted by atomic mass is 19.1. The second-order valence-corrected chi connectivity index (χ2v) is 14.3. The molecule has 0 aliphatic carbocycles. The number of halogens is 1. The zero-order chi connectivity index (χ0) is 38.8. The van der Waals surface area contributed by atoms with Gasteiger partial charge in [-0.25, -0.2) is 14.2 Å². The highest BCUT2D eigenvalue weighted by Gasteiger charge is 2.19. The molecular weight excluding hydrogens is 668 g/mol. The van der Waals surface area contributed by atoms with Crippen LogP contribution in [-0.4, -0.2) is 27.8 Å². The summed E-state index contributed by atoms with van der Waals surface area (Å²) in [6, 6.07) is 18.1. The van der Waals surface area contributed by atoms with E-state index in [9.17, 15) is 9.18 Å². The van der Waals surface area contributed by atoms with Gasteiger partial charge >= 0.3 is 5.76 Å².